The monoisotopic (exact) mass is 156 g/mol. The van der Waals surface area contributed by atoms with E-state index in [1.54, 1.807) is 6.20 Å². The van der Waals surface area contributed by atoms with Gasteiger partial charge in [0.15, 0.2) is 0 Å². The molecule has 0 bridgehead atoms. The predicted octanol–water partition coefficient (Wildman–Crippen LogP) is -1.02. The molecule has 0 radical (unpaired) electrons. The average Bonchev–Trinajstić information content (AvgIpc) is 2.38. The van der Waals surface area contributed by atoms with Crippen molar-refractivity contribution in [2.75, 3.05) is 0 Å². The Morgan fingerprint density at radius 1 is 1.80 bits per heavy atom. The van der Waals surface area contributed by atoms with Gasteiger partial charge in [-0.15, -0.1) is 5.10 Å². The summed E-state index contributed by atoms with van der Waals surface area (Å²) >= 11 is 0. The third kappa shape index (κ3) is 1.65. The summed E-state index contributed by atoms with van der Waals surface area (Å²) in [6.07, 6.45) is 2.78. The van der Waals surface area contributed by atoms with Crippen molar-refractivity contribution in [2.45, 2.75) is 18.5 Å². The van der Waals surface area contributed by atoms with E-state index in [1.165, 1.54) is 16.3 Å². The molecule has 1 unspecified atom stereocenters. The average molecular weight is 156 g/mol. The first-order valence-electron chi connectivity index (χ1n) is 3.46. The number of hydrogen-bond donors (Lipinski definition) is 2. The molecule has 1 atom stereocenters. The van der Waals surface area contributed by atoms with E-state index in [9.17, 15) is 0 Å². The van der Waals surface area contributed by atoms with Crippen molar-refractivity contribution < 1.29 is 0 Å². The molecule has 0 aliphatic rings. The van der Waals surface area contributed by atoms with Gasteiger partial charge in [-0.3, -0.25) is 5.10 Å². The van der Waals surface area contributed by atoms with Gasteiger partial charge in [0.2, 0.25) is 0 Å². The normalized spacial score (nSPS) is 13.7. The van der Waals surface area contributed by atoms with Gasteiger partial charge in [-0.05, 0) is 6.42 Å². The highest BCUT2D eigenvalue weighted by atomic mass is 28.1. The number of nitrogens with zero attached hydrogens (tertiary/aromatic N) is 2. The highest BCUT2D eigenvalue weighted by molar-refractivity contribution is 6.08. The molecule has 1 heterocycles. The molecule has 10 heavy (non-hydrogen) atoms. The second kappa shape index (κ2) is 3.48. The molecule has 0 amide bonds. The lowest BCUT2D eigenvalue weighted by molar-refractivity contribution is 0.671. The molecule has 1 rings (SSSR count). The number of rotatable bonds is 3. The van der Waals surface area contributed by atoms with Crippen LogP contribution in [0.2, 0.25) is 6.04 Å². The van der Waals surface area contributed by atoms with Crippen LogP contribution in [0.5, 0.6) is 0 Å². The summed E-state index contributed by atoms with van der Waals surface area (Å²) in [7, 11) is 1.21. The van der Waals surface area contributed by atoms with Crippen LogP contribution in [0.4, 0.5) is 0 Å². The number of aromatic amines is 1. The summed E-state index contributed by atoms with van der Waals surface area (Å²) in [5, 5.41) is 10.0. The zero-order valence-corrected chi connectivity index (χ0v) is 8.04. The molecule has 0 aliphatic heterocycles. The van der Waals surface area contributed by atoms with Gasteiger partial charge in [-0.25, -0.2) is 0 Å². The Balaban J connectivity index is 2.50. The molecule has 0 fully saturated rings. The molecule has 56 valence electrons. The number of nitrogens with two attached hydrogens (primary N) is 1. The van der Waals surface area contributed by atoms with Gasteiger partial charge in [0.25, 0.3) is 0 Å². The Bertz CT molecular complexity index is 174. The van der Waals surface area contributed by atoms with Crippen LogP contribution in [-0.4, -0.2) is 25.7 Å². The van der Waals surface area contributed by atoms with Gasteiger partial charge < -0.3 is 5.73 Å². The summed E-state index contributed by atoms with van der Waals surface area (Å²) in [5.74, 6) is 0. The lowest BCUT2D eigenvalue weighted by atomic mass is 10.2. The second-order valence-corrected chi connectivity index (χ2v) is 3.29. The summed E-state index contributed by atoms with van der Waals surface area (Å²) in [6, 6.07) is 1.30. The molecule has 0 saturated heterocycles. The third-order valence-corrected chi connectivity index (χ3v) is 1.99. The largest absolute Gasteiger partial charge is 0.323 e. The molecule has 1 aromatic rings. The van der Waals surface area contributed by atoms with Crippen molar-refractivity contribution in [3.8, 4) is 0 Å². The molecule has 1 aromatic heterocycles. The highest BCUT2D eigenvalue weighted by Crippen LogP contribution is 2.09. The first-order chi connectivity index (χ1) is 4.84. The first kappa shape index (κ1) is 7.42. The van der Waals surface area contributed by atoms with E-state index in [0.717, 1.165) is 12.1 Å². The molecule has 0 aromatic carbocycles. The topological polar surface area (TPSA) is 67.6 Å². The maximum Gasteiger partial charge on any atom is 0.0991 e. The molecule has 5 heteroatoms. The standard InChI is InChI=1S/C5H12N4Si/c6-4(1-2-10)5-3-7-9-8-5/h3-4H,1-2,6H2,10H3,(H,7,8,9). The maximum atomic E-state index is 5.75. The SMILES string of the molecule is NC(CC[SiH3])c1c[nH]nn1. The molecule has 0 spiro atoms. The van der Waals surface area contributed by atoms with Crippen molar-refractivity contribution in [1.82, 2.24) is 15.4 Å². The summed E-state index contributed by atoms with van der Waals surface area (Å²) in [5.41, 5.74) is 6.62. The Kier molecular flexibility index (Phi) is 2.58. The van der Waals surface area contributed by atoms with Gasteiger partial charge in [0.1, 0.15) is 0 Å². The van der Waals surface area contributed by atoms with E-state index >= 15 is 0 Å². The van der Waals surface area contributed by atoms with Crippen LogP contribution in [0.25, 0.3) is 0 Å². The van der Waals surface area contributed by atoms with Gasteiger partial charge in [-0.2, -0.15) is 0 Å². The maximum absolute atomic E-state index is 5.75. The quantitative estimate of drug-likeness (QED) is 0.550. The minimum Gasteiger partial charge on any atom is -0.323 e. The predicted molar refractivity (Wildman–Crippen MR) is 42.7 cm³/mol. The lowest BCUT2D eigenvalue weighted by Gasteiger charge is -2.03. The van der Waals surface area contributed by atoms with Gasteiger partial charge in [-0.1, -0.05) is 11.3 Å². The van der Waals surface area contributed by atoms with Crippen LogP contribution < -0.4 is 5.73 Å². The van der Waals surface area contributed by atoms with Gasteiger partial charge in [0.05, 0.1) is 11.7 Å². The van der Waals surface area contributed by atoms with E-state index < -0.39 is 0 Å². The Morgan fingerprint density at radius 2 is 2.60 bits per heavy atom. The minimum absolute atomic E-state index is 0.0799. The van der Waals surface area contributed by atoms with Crippen LogP contribution in [0, 0.1) is 0 Å². The van der Waals surface area contributed by atoms with E-state index in [4.69, 9.17) is 5.73 Å². The highest BCUT2D eigenvalue weighted by Gasteiger charge is 2.05. The summed E-state index contributed by atoms with van der Waals surface area (Å²) < 4.78 is 0. The fourth-order valence-corrected chi connectivity index (χ4v) is 1.47. The molecule has 3 N–H and O–H groups in total. The van der Waals surface area contributed by atoms with Crippen molar-refractivity contribution in [3.63, 3.8) is 0 Å². The Labute approximate surface area is 62.6 Å². The fraction of sp³-hybridized carbons (Fsp3) is 0.600. The van der Waals surface area contributed by atoms with Crippen molar-refractivity contribution >= 4 is 10.2 Å². The van der Waals surface area contributed by atoms with Gasteiger partial charge in [0, 0.05) is 16.4 Å². The van der Waals surface area contributed by atoms with Crippen LogP contribution in [-0.2, 0) is 0 Å². The number of aromatic nitrogens is 3. The Hall–Kier alpha value is -0.683. The number of hydrogen-bond acceptors (Lipinski definition) is 3. The van der Waals surface area contributed by atoms with Crippen molar-refractivity contribution in [2.24, 2.45) is 5.73 Å². The summed E-state index contributed by atoms with van der Waals surface area (Å²) in [4.78, 5) is 0. The van der Waals surface area contributed by atoms with E-state index in [2.05, 4.69) is 15.4 Å². The van der Waals surface area contributed by atoms with E-state index in [1.807, 2.05) is 0 Å². The zero-order chi connectivity index (χ0) is 7.40. The molecule has 4 nitrogen and oxygen atoms in total. The van der Waals surface area contributed by atoms with E-state index in [-0.39, 0.29) is 6.04 Å². The van der Waals surface area contributed by atoms with Crippen LogP contribution in [0.1, 0.15) is 18.2 Å². The number of nitrogens with one attached hydrogen (secondary N) is 1. The smallest absolute Gasteiger partial charge is 0.0991 e. The van der Waals surface area contributed by atoms with Crippen LogP contribution in [0.15, 0.2) is 6.20 Å². The van der Waals surface area contributed by atoms with Crippen molar-refractivity contribution in [3.05, 3.63) is 11.9 Å². The van der Waals surface area contributed by atoms with Crippen LogP contribution in [0.3, 0.4) is 0 Å². The zero-order valence-electron chi connectivity index (χ0n) is 6.04. The second-order valence-electron chi connectivity index (χ2n) is 2.29. The molecule has 0 aliphatic carbocycles. The van der Waals surface area contributed by atoms with Crippen molar-refractivity contribution in [1.29, 1.82) is 0 Å². The Morgan fingerprint density at radius 3 is 3.10 bits per heavy atom. The first-order valence-corrected chi connectivity index (χ1v) is 4.88. The van der Waals surface area contributed by atoms with E-state index in [0.29, 0.717) is 0 Å². The molecular formula is C5H12N4Si. The van der Waals surface area contributed by atoms with Gasteiger partial charge >= 0.3 is 0 Å². The van der Waals surface area contributed by atoms with Crippen LogP contribution >= 0.6 is 0 Å². The minimum atomic E-state index is 0.0799. The molecule has 0 saturated carbocycles. The lowest BCUT2D eigenvalue weighted by Crippen LogP contribution is -2.10. The third-order valence-electron chi connectivity index (χ3n) is 1.42. The summed E-state index contributed by atoms with van der Waals surface area (Å²) in [6.45, 7) is 0. The fourth-order valence-electron chi connectivity index (χ4n) is 0.851. The number of H-pyrrole nitrogens is 1. The molecular weight excluding hydrogens is 144 g/mol.